The van der Waals surface area contributed by atoms with Crippen LogP contribution in [-0.4, -0.2) is 40.9 Å². The standard InChI is InChI=1S/C23H29FN6O.HI/c1-3-22-29-28-17-30(22)15-14-26-23(27-16-19-4-8-20(24)9-5-19)25-13-12-18-6-10-21(31-2)11-7-18;/h4-11,17H,3,12-16H2,1-2H3,(H2,25,26,27);1H. The minimum absolute atomic E-state index is 0. The molecular formula is C23H30FIN6O. The number of nitrogens with zero attached hydrogens (tertiary/aromatic N) is 4. The summed E-state index contributed by atoms with van der Waals surface area (Å²) in [5, 5.41) is 14.8. The summed E-state index contributed by atoms with van der Waals surface area (Å²) in [6.45, 7) is 4.68. The molecule has 0 saturated heterocycles. The first-order chi connectivity index (χ1) is 15.2. The zero-order valence-electron chi connectivity index (χ0n) is 18.4. The fourth-order valence-corrected chi connectivity index (χ4v) is 3.09. The van der Waals surface area contributed by atoms with Gasteiger partial charge in [-0.3, -0.25) is 0 Å². The molecule has 172 valence electrons. The highest BCUT2D eigenvalue weighted by atomic mass is 127. The van der Waals surface area contributed by atoms with E-state index in [1.165, 1.54) is 17.7 Å². The Labute approximate surface area is 205 Å². The van der Waals surface area contributed by atoms with Crippen LogP contribution in [0.2, 0.25) is 0 Å². The number of hydrogen-bond acceptors (Lipinski definition) is 4. The first-order valence-electron chi connectivity index (χ1n) is 10.4. The molecule has 0 bridgehead atoms. The smallest absolute Gasteiger partial charge is 0.191 e. The van der Waals surface area contributed by atoms with E-state index in [0.717, 1.165) is 43.1 Å². The van der Waals surface area contributed by atoms with Gasteiger partial charge in [-0.15, -0.1) is 34.2 Å². The van der Waals surface area contributed by atoms with E-state index in [1.807, 2.05) is 16.7 Å². The number of aliphatic imine (C=N–C) groups is 1. The van der Waals surface area contributed by atoms with Crippen molar-refractivity contribution in [2.75, 3.05) is 20.2 Å². The van der Waals surface area contributed by atoms with E-state index in [4.69, 9.17) is 4.74 Å². The van der Waals surface area contributed by atoms with E-state index in [0.29, 0.717) is 19.0 Å². The van der Waals surface area contributed by atoms with Crippen molar-refractivity contribution in [3.05, 3.63) is 77.6 Å². The van der Waals surface area contributed by atoms with Gasteiger partial charge in [0.15, 0.2) is 5.96 Å². The Hall–Kier alpha value is -2.69. The first-order valence-corrected chi connectivity index (χ1v) is 10.4. The van der Waals surface area contributed by atoms with Gasteiger partial charge in [0, 0.05) is 26.1 Å². The molecule has 2 aromatic carbocycles. The molecule has 1 heterocycles. The number of halogens is 2. The molecule has 0 atom stereocenters. The minimum atomic E-state index is -0.246. The lowest BCUT2D eigenvalue weighted by Crippen LogP contribution is -2.40. The number of benzene rings is 2. The van der Waals surface area contributed by atoms with Crippen LogP contribution in [0.5, 0.6) is 5.75 Å². The summed E-state index contributed by atoms with van der Waals surface area (Å²) in [5.41, 5.74) is 2.16. The van der Waals surface area contributed by atoms with Crippen LogP contribution < -0.4 is 15.4 Å². The molecule has 0 spiro atoms. The van der Waals surface area contributed by atoms with Crippen molar-refractivity contribution in [1.82, 2.24) is 25.4 Å². The van der Waals surface area contributed by atoms with Crippen LogP contribution in [0.4, 0.5) is 4.39 Å². The van der Waals surface area contributed by atoms with Gasteiger partial charge < -0.3 is 19.9 Å². The van der Waals surface area contributed by atoms with Gasteiger partial charge in [0.25, 0.3) is 0 Å². The normalized spacial score (nSPS) is 11.0. The Kier molecular flexibility index (Phi) is 10.9. The number of rotatable bonds is 10. The summed E-state index contributed by atoms with van der Waals surface area (Å²) < 4.78 is 20.4. The van der Waals surface area contributed by atoms with Crippen LogP contribution in [-0.2, 0) is 25.9 Å². The third-order valence-corrected chi connectivity index (χ3v) is 4.86. The van der Waals surface area contributed by atoms with E-state index in [1.54, 1.807) is 25.6 Å². The van der Waals surface area contributed by atoms with Crippen molar-refractivity contribution in [3.8, 4) is 5.75 Å². The third kappa shape index (κ3) is 8.10. The number of aromatic nitrogens is 3. The van der Waals surface area contributed by atoms with Crippen LogP contribution in [0.15, 0.2) is 59.9 Å². The Morgan fingerprint density at radius 3 is 2.41 bits per heavy atom. The van der Waals surface area contributed by atoms with Gasteiger partial charge >= 0.3 is 0 Å². The molecule has 7 nitrogen and oxygen atoms in total. The van der Waals surface area contributed by atoms with Crippen LogP contribution >= 0.6 is 24.0 Å². The molecule has 3 rings (SSSR count). The second-order valence-electron chi connectivity index (χ2n) is 7.04. The molecule has 32 heavy (non-hydrogen) atoms. The maximum atomic E-state index is 13.1. The number of aryl methyl sites for hydroxylation is 1. The molecular weight excluding hydrogens is 522 g/mol. The van der Waals surface area contributed by atoms with Crippen LogP contribution in [0.3, 0.4) is 0 Å². The molecule has 0 radical (unpaired) electrons. The zero-order chi connectivity index (χ0) is 21.9. The summed E-state index contributed by atoms with van der Waals surface area (Å²) in [6.07, 6.45) is 3.44. The predicted octanol–water partition coefficient (Wildman–Crippen LogP) is 3.58. The van der Waals surface area contributed by atoms with Crippen LogP contribution in [0.1, 0.15) is 23.9 Å². The zero-order valence-corrected chi connectivity index (χ0v) is 20.8. The molecule has 0 aliphatic carbocycles. The molecule has 0 unspecified atom stereocenters. The van der Waals surface area contributed by atoms with Crippen molar-refractivity contribution in [2.24, 2.45) is 4.99 Å². The fraction of sp³-hybridized carbons (Fsp3) is 0.348. The highest BCUT2D eigenvalue weighted by Crippen LogP contribution is 2.11. The average molecular weight is 552 g/mol. The van der Waals surface area contributed by atoms with Crippen molar-refractivity contribution >= 4 is 29.9 Å². The van der Waals surface area contributed by atoms with Gasteiger partial charge in [-0.1, -0.05) is 31.2 Å². The maximum absolute atomic E-state index is 13.1. The lowest BCUT2D eigenvalue weighted by Gasteiger charge is -2.14. The van der Waals surface area contributed by atoms with E-state index < -0.39 is 0 Å². The molecule has 9 heteroatoms. The number of guanidine groups is 1. The minimum Gasteiger partial charge on any atom is -0.497 e. The molecule has 3 aromatic rings. The highest BCUT2D eigenvalue weighted by Gasteiger charge is 2.04. The highest BCUT2D eigenvalue weighted by molar-refractivity contribution is 14.0. The van der Waals surface area contributed by atoms with E-state index in [-0.39, 0.29) is 29.8 Å². The molecule has 0 saturated carbocycles. The maximum Gasteiger partial charge on any atom is 0.191 e. The largest absolute Gasteiger partial charge is 0.497 e. The number of hydrogen-bond donors (Lipinski definition) is 2. The molecule has 0 aliphatic rings. The predicted molar refractivity (Wildman–Crippen MR) is 135 cm³/mol. The number of methoxy groups -OCH3 is 1. The van der Waals surface area contributed by atoms with Crippen LogP contribution in [0, 0.1) is 5.82 Å². The molecule has 0 amide bonds. The van der Waals surface area contributed by atoms with Gasteiger partial charge in [-0.05, 0) is 41.8 Å². The van der Waals surface area contributed by atoms with Gasteiger partial charge in [0.05, 0.1) is 13.7 Å². The SMILES string of the molecule is CCc1nncn1CCNC(=NCc1ccc(F)cc1)NCCc1ccc(OC)cc1.I. The molecule has 0 fully saturated rings. The van der Waals surface area contributed by atoms with Crippen LogP contribution in [0.25, 0.3) is 0 Å². The average Bonchev–Trinajstić information content (AvgIpc) is 3.26. The fourth-order valence-electron chi connectivity index (χ4n) is 3.09. The van der Waals surface area contributed by atoms with E-state index in [9.17, 15) is 4.39 Å². The second kappa shape index (κ2) is 13.7. The van der Waals surface area contributed by atoms with E-state index in [2.05, 4.69) is 44.9 Å². The summed E-state index contributed by atoms with van der Waals surface area (Å²) >= 11 is 0. The molecule has 2 N–H and O–H groups in total. The Morgan fingerprint density at radius 1 is 1.03 bits per heavy atom. The summed E-state index contributed by atoms with van der Waals surface area (Å²) in [4.78, 5) is 4.66. The van der Waals surface area contributed by atoms with Gasteiger partial charge in [-0.2, -0.15) is 0 Å². The van der Waals surface area contributed by atoms with Crippen molar-refractivity contribution in [3.63, 3.8) is 0 Å². The summed E-state index contributed by atoms with van der Waals surface area (Å²) in [5.74, 6) is 2.27. The second-order valence-corrected chi connectivity index (χ2v) is 7.04. The molecule has 0 aliphatic heterocycles. The Bertz CT molecular complexity index is 959. The summed E-state index contributed by atoms with van der Waals surface area (Å²) in [7, 11) is 1.66. The van der Waals surface area contributed by atoms with Gasteiger partial charge in [-0.25, -0.2) is 9.38 Å². The quantitative estimate of drug-likeness (QED) is 0.229. The first kappa shape index (κ1) is 25.6. The van der Waals surface area contributed by atoms with Gasteiger partial charge in [0.2, 0.25) is 0 Å². The topological polar surface area (TPSA) is 76.4 Å². The lowest BCUT2D eigenvalue weighted by atomic mass is 10.1. The van der Waals surface area contributed by atoms with E-state index >= 15 is 0 Å². The Balaban J connectivity index is 0.00000363. The lowest BCUT2D eigenvalue weighted by molar-refractivity contribution is 0.414. The summed E-state index contributed by atoms with van der Waals surface area (Å²) in [6, 6.07) is 14.4. The number of nitrogens with one attached hydrogen (secondary N) is 2. The van der Waals surface area contributed by atoms with Crippen molar-refractivity contribution in [1.29, 1.82) is 0 Å². The van der Waals surface area contributed by atoms with Crippen molar-refractivity contribution < 1.29 is 9.13 Å². The Morgan fingerprint density at radius 2 is 1.72 bits per heavy atom. The van der Waals surface area contributed by atoms with Gasteiger partial charge in [0.1, 0.15) is 23.7 Å². The van der Waals surface area contributed by atoms with Crippen molar-refractivity contribution in [2.45, 2.75) is 32.9 Å². The number of ether oxygens (including phenoxy) is 1. The molecule has 1 aromatic heterocycles. The third-order valence-electron chi connectivity index (χ3n) is 4.86. The monoisotopic (exact) mass is 552 g/mol.